The van der Waals surface area contributed by atoms with E-state index in [-0.39, 0.29) is 0 Å². The van der Waals surface area contributed by atoms with Gasteiger partial charge in [0.1, 0.15) is 0 Å². The summed E-state index contributed by atoms with van der Waals surface area (Å²) in [5.74, 6) is 1.70. The van der Waals surface area contributed by atoms with Crippen LogP contribution in [-0.2, 0) is 12.8 Å². The van der Waals surface area contributed by atoms with Crippen molar-refractivity contribution in [2.24, 2.45) is 5.92 Å². The predicted molar refractivity (Wildman–Crippen MR) is 109 cm³/mol. The molecule has 4 rings (SSSR count). The first-order chi connectivity index (χ1) is 12.6. The zero-order valence-electron chi connectivity index (χ0n) is 16.1. The van der Waals surface area contributed by atoms with E-state index < -0.39 is 0 Å². The van der Waals surface area contributed by atoms with Crippen molar-refractivity contribution in [3.05, 3.63) is 71.2 Å². The van der Waals surface area contributed by atoms with Gasteiger partial charge in [0, 0.05) is 22.5 Å². The van der Waals surface area contributed by atoms with Gasteiger partial charge in [0.25, 0.3) is 0 Å². The number of pyridine rings is 2. The van der Waals surface area contributed by atoms with Crippen molar-refractivity contribution >= 4 is 10.9 Å². The van der Waals surface area contributed by atoms with Crippen LogP contribution in [0.15, 0.2) is 48.5 Å². The molecule has 0 aliphatic heterocycles. The van der Waals surface area contributed by atoms with Crippen molar-refractivity contribution in [2.75, 3.05) is 0 Å². The first-order valence-corrected chi connectivity index (χ1v) is 9.94. The van der Waals surface area contributed by atoms with Crippen LogP contribution in [0.2, 0.25) is 0 Å². The Kier molecular flexibility index (Phi) is 4.76. The maximum absolute atomic E-state index is 4.97. The Morgan fingerprint density at radius 1 is 0.923 bits per heavy atom. The number of benzene rings is 1. The molecule has 2 heteroatoms. The molecule has 0 radical (unpaired) electrons. The molecule has 0 saturated carbocycles. The van der Waals surface area contributed by atoms with Gasteiger partial charge in [0.15, 0.2) is 0 Å². The molecule has 134 valence electrons. The third-order valence-electron chi connectivity index (χ3n) is 5.80. The molecule has 0 bridgehead atoms. The van der Waals surface area contributed by atoms with Crippen LogP contribution in [0.1, 0.15) is 68.1 Å². The van der Waals surface area contributed by atoms with E-state index >= 15 is 0 Å². The number of hydrogen-bond acceptors (Lipinski definition) is 2. The highest BCUT2D eigenvalue weighted by molar-refractivity contribution is 5.78. The molecule has 2 atom stereocenters. The second kappa shape index (κ2) is 7.19. The minimum absolute atomic E-state index is 0.486. The maximum atomic E-state index is 4.97. The van der Waals surface area contributed by atoms with E-state index in [0.717, 1.165) is 11.9 Å². The zero-order chi connectivity index (χ0) is 18.1. The number of nitrogens with zero attached hydrogens (tertiary/aromatic N) is 2. The molecule has 2 aromatic heterocycles. The van der Waals surface area contributed by atoms with Crippen LogP contribution in [-0.4, -0.2) is 9.97 Å². The van der Waals surface area contributed by atoms with Gasteiger partial charge in [-0.3, -0.25) is 9.97 Å². The Hall–Kier alpha value is -2.22. The molecule has 3 aromatic rings. The van der Waals surface area contributed by atoms with Gasteiger partial charge in [-0.05, 0) is 67.2 Å². The normalized spacial score (nSPS) is 18.1. The molecule has 26 heavy (non-hydrogen) atoms. The Morgan fingerprint density at radius 3 is 2.58 bits per heavy atom. The summed E-state index contributed by atoms with van der Waals surface area (Å²) in [6.07, 6.45) is 4.75. The highest BCUT2D eigenvalue weighted by atomic mass is 14.7. The SMILES string of the molecule is CC(C)c1ccc2c(n1)CC(CC(C)c1ccc3ccccc3n1)CC2. The van der Waals surface area contributed by atoms with E-state index in [9.17, 15) is 0 Å². The average Bonchev–Trinajstić information content (AvgIpc) is 2.67. The average molecular weight is 345 g/mol. The van der Waals surface area contributed by atoms with Crippen LogP contribution in [0.5, 0.6) is 0 Å². The molecular weight excluding hydrogens is 316 g/mol. The number of fused-ring (bicyclic) bond motifs is 2. The topological polar surface area (TPSA) is 25.8 Å². The lowest BCUT2D eigenvalue weighted by Crippen LogP contribution is -2.18. The molecule has 2 heterocycles. The van der Waals surface area contributed by atoms with Gasteiger partial charge in [0.2, 0.25) is 0 Å². The molecular formula is C24H28N2. The lowest BCUT2D eigenvalue weighted by Gasteiger charge is -2.27. The number of para-hydroxylation sites is 1. The predicted octanol–water partition coefficient (Wildman–Crippen LogP) is 6.05. The lowest BCUT2D eigenvalue weighted by molar-refractivity contribution is 0.390. The highest BCUT2D eigenvalue weighted by Gasteiger charge is 2.23. The zero-order valence-corrected chi connectivity index (χ0v) is 16.1. The van der Waals surface area contributed by atoms with Crippen molar-refractivity contribution in [2.45, 2.75) is 58.3 Å². The van der Waals surface area contributed by atoms with Gasteiger partial charge >= 0.3 is 0 Å². The molecule has 1 aromatic carbocycles. The molecule has 0 fully saturated rings. The van der Waals surface area contributed by atoms with Gasteiger partial charge < -0.3 is 0 Å². The molecule has 0 N–H and O–H groups in total. The first-order valence-electron chi connectivity index (χ1n) is 9.94. The monoisotopic (exact) mass is 344 g/mol. The second-order valence-electron chi connectivity index (χ2n) is 8.17. The van der Waals surface area contributed by atoms with E-state index in [1.807, 2.05) is 0 Å². The summed E-state index contributed by atoms with van der Waals surface area (Å²) in [7, 11) is 0. The van der Waals surface area contributed by atoms with E-state index in [1.165, 1.54) is 47.3 Å². The second-order valence-corrected chi connectivity index (χ2v) is 8.17. The van der Waals surface area contributed by atoms with Gasteiger partial charge in [-0.1, -0.05) is 51.1 Å². The van der Waals surface area contributed by atoms with Gasteiger partial charge in [-0.25, -0.2) is 0 Å². The van der Waals surface area contributed by atoms with E-state index in [2.05, 4.69) is 69.3 Å². The summed E-state index contributed by atoms with van der Waals surface area (Å²) in [4.78, 5) is 9.87. The highest BCUT2D eigenvalue weighted by Crippen LogP contribution is 2.33. The van der Waals surface area contributed by atoms with Gasteiger partial charge in [0.05, 0.1) is 5.52 Å². The van der Waals surface area contributed by atoms with Crippen molar-refractivity contribution in [3.8, 4) is 0 Å². The van der Waals surface area contributed by atoms with E-state index in [0.29, 0.717) is 17.8 Å². The molecule has 2 unspecified atom stereocenters. The minimum Gasteiger partial charge on any atom is -0.257 e. The molecule has 0 spiro atoms. The summed E-state index contributed by atoms with van der Waals surface area (Å²) in [5, 5.41) is 1.22. The molecule has 2 nitrogen and oxygen atoms in total. The van der Waals surface area contributed by atoms with Crippen LogP contribution in [0.25, 0.3) is 10.9 Å². The van der Waals surface area contributed by atoms with Gasteiger partial charge in [-0.2, -0.15) is 0 Å². The van der Waals surface area contributed by atoms with Crippen LogP contribution in [0, 0.1) is 5.92 Å². The molecule has 0 saturated heterocycles. The Labute approximate surface area is 156 Å². The summed E-state index contributed by atoms with van der Waals surface area (Å²) in [5.41, 5.74) is 6.36. The van der Waals surface area contributed by atoms with E-state index in [4.69, 9.17) is 9.97 Å². The smallest absolute Gasteiger partial charge is 0.0705 e. The fraction of sp³-hybridized carbons (Fsp3) is 0.417. The minimum atomic E-state index is 0.486. The third-order valence-corrected chi connectivity index (χ3v) is 5.80. The lowest BCUT2D eigenvalue weighted by atomic mass is 9.80. The summed E-state index contributed by atoms with van der Waals surface area (Å²) in [6.45, 7) is 6.77. The number of rotatable bonds is 4. The van der Waals surface area contributed by atoms with E-state index in [1.54, 1.807) is 0 Å². The molecule has 1 aliphatic rings. The number of aromatic nitrogens is 2. The van der Waals surface area contributed by atoms with Crippen LogP contribution in [0.4, 0.5) is 0 Å². The summed E-state index contributed by atoms with van der Waals surface area (Å²) >= 11 is 0. The van der Waals surface area contributed by atoms with Gasteiger partial charge in [-0.15, -0.1) is 0 Å². The largest absolute Gasteiger partial charge is 0.257 e. The van der Waals surface area contributed by atoms with Crippen molar-refractivity contribution in [1.29, 1.82) is 0 Å². The van der Waals surface area contributed by atoms with Crippen molar-refractivity contribution < 1.29 is 0 Å². The van der Waals surface area contributed by atoms with Crippen LogP contribution >= 0.6 is 0 Å². The summed E-state index contributed by atoms with van der Waals surface area (Å²) in [6, 6.07) is 17.3. The summed E-state index contributed by atoms with van der Waals surface area (Å²) < 4.78 is 0. The standard InChI is InChI=1S/C24H28N2/c1-16(2)21-12-10-20-9-8-18(15-24(20)25-21)14-17(3)22-13-11-19-6-4-5-7-23(19)26-22/h4-7,10-13,16-18H,8-9,14-15H2,1-3H3. The molecule has 1 aliphatic carbocycles. The number of aryl methyl sites for hydroxylation is 1. The Bertz CT molecular complexity index is 913. The Morgan fingerprint density at radius 2 is 1.73 bits per heavy atom. The fourth-order valence-corrected chi connectivity index (χ4v) is 4.19. The first kappa shape index (κ1) is 17.2. The third kappa shape index (κ3) is 3.51. The van der Waals surface area contributed by atoms with Crippen LogP contribution in [0.3, 0.4) is 0 Å². The Balaban J connectivity index is 1.49. The van der Waals surface area contributed by atoms with Crippen molar-refractivity contribution in [3.63, 3.8) is 0 Å². The fourth-order valence-electron chi connectivity index (χ4n) is 4.19. The van der Waals surface area contributed by atoms with Crippen LogP contribution < -0.4 is 0 Å². The maximum Gasteiger partial charge on any atom is 0.0705 e. The number of hydrogen-bond donors (Lipinski definition) is 0. The molecule has 0 amide bonds. The van der Waals surface area contributed by atoms with Crippen molar-refractivity contribution in [1.82, 2.24) is 9.97 Å². The quantitative estimate of drug-likeness (QED) is 0.575.